The molecule has 0 atom stereocenters. The van der Waals surface area contributed by atoms with E-state index in [9.17, 15) is 4.79 Å². The van der Waals surface area contributed by atoms with Crippen molar-refractivity contribution in [1.29, 1.82) is 0 Å². The number of rotatable bonds is 10. The van der Waals surface area contributed by atoms with Crippen molar-refractivity contribution >= 4 is 5.91 Å². The molecule has 0 unspecified atom stereocenters. The van der Waals surface area contributed by atoms with Gasteiger partial charge in [0.2, 0.25) is 5.91 Å². The molecule has 0 aliphatic carbocycles. The van der Waals surface area contributed by atoms with E-state index >= 15 is 0 Å². The van der Waals surface area contributed by atoms with Gasteiger partial charge in [0.15, 0.2) is 0 Å². The summed E-state index contributed by atoms with van der Waals surface area (Å²) >= 11 is 0. The second-order valence-corrected chi connectivity index (χ2v) is 5.03. The fraction of sp³-hybridized carbons (Fsp3) is 0.929. The van der Waals surface area contributed by atoms with Crippen LogP contribution in [0.2, 0.25) is 0 Å². The zero-order chi connectivity index (χ0) is 13.1. The van der Waals surface area contributed by atoms with E-state index < -0.39 is 0 Å². The number of unbranched alkanes of at least 4 members (excludes halogenated alkanes) is 3. The second kappa shape index (κ2) is 9.46. The maximum atomic E-state index is 12.0. The summed E-state index contributed by atoms with van der Waals surface area (Å²) in [4.78, 5) is 12.0. The van der Waals surface area contributed by atoms with Crippen molar-refractivity contribution in [3.05, 3.63) is 0 Å². The van der Waals surface area contributed by atoms with Crippen molar-refractivity contribution in [3.63, 3.8) is 0 Å². The van der Waals surface area contributed by atoms with Crippen LogP contribution in [0.25, 0.3) is 0 Å². The summed E-state index contributed by atoms with van der Waals surface area (Å²) in [6.45, 7) is 6.42. The Balaban J connectivity index is 4.70. The van der Waals surface area contributed by atoms with E-state index in [1.807, 2.05) is 5.48 Å². The first kappa shape index (κ1) is 16.4. The molecule has 0 heterocycles. The smallest absolute Gasteiger partial charge is 0.249 e. The highest BCUT2D eigenvalue weighted by atomic mass is 16.5. The van der Waals surface area contributed by atoms with Gasteiger partial charge in [-0.25, -0.2) is 5.48 Å². The molecule has 0 bridgehead atoms. The quantitative estimate of drug-likeness (QED) is 0.449. The SMILES string of the molecule is CCCCC(CCCC)(CCCC)C(=O)NO. The van der Waals surface area contributed by atoms with Crippen LogP contribution < -0.4 is 5.48 Å². The highest BCUT2D eigenvalue weighted by molar-refractivity contribution is 5.81. The number of carbonyl (C=O) groups is 1. The van der Waals surface area contributed by atoms with E-state index in [-0.39, 0.29) is 11.3 Å². The molecule has 0 spiro atoms. The summed E-state index contributed by atoms with van der Waals surface area (Å²) in [5.41, 5.74) is 1.56. The van der Waals surface area contributed by atoms with E-state index in [0.717, 1.165) is 57.8 Å². The average Bonchev–Trinajstić information content (AvgIpc) is 2.37. The van der Waals surface area contributed by atoms with Gasteiger partial charge in [0.25, 0.3) is 0 Å². The highest BCUT2D eigenvalue weighted by Gasteiger charge is 2.36. The van der Waals surface area contributed by atoms with Crippen LogP contribution in [0.5, 0.6) is 0 Å². The first-order valence-corrected chi connectivity index (χ1v) is 7.11. The molecule has 0 saturated heterocycles. The largest absolute Gasteiger partial charge is 0.289 e. The molecule has 0 saturated carbocycles. The maximum Gasteiger partial charge on any atom is 0.249 e. The third-order valence-electron chi connectivity index (χ3n) is 3.61. The molecule has 0 aromatic heterocycles. The third-order valence-corrected chi connectivity index (χ3v) is 3.61. The van der Waals surface area contributed by atoms with Gasteiger partial charge in [-0.05, 0) is 19.3 Å². The van der Waals surface area contributed by atoms with Crippen LogP contribution in [0, 0.1) is 5.41 Å². The van der Waals surface area contributed by atoms with Crippen LogP contribution in [-0.4, -0.2) is 11.1 Å². The normalized spacial score (nSPS) is 11.5. The molecule has 0 fully saturated rings. The van der Waals surface area contributed by atoms with Crippen molar-refractivity contribution in [2.24, 2.45) is 5.41 Å². The van der Waals surface area contributed by atoms with E-state index in [1.54, 1.807) is 0 Å². The molecule has 1 amide bonds. The average molecular weight is 243 g/mol. The van der Waals surface area contributed by atoms with E-state index in [2.05, 4.69) is 20.8 Å². The van der Waals surface area contributed by atoms with Gasteiger partial charge in [-0.2, -0.15) is 0 Å². The lowest BCUT2D eigenvalue weighted by atomic mass is 9.74. The lowest BCUT2D eigenvalue weighted by Gasteiger charge is -2.31. The van der Waals surface area contributed by atoms with Crippen LogP contribution in [0.4, 0.5) is 0 Å². The first-order chi connectivity index (χ1) is 8.16. The minimum atomic E-state index is -0.337. The Labute approximate surface area is 106 Å². The molecule has 0 rings (SSSR count). The Morgan fingerprint density at radius 1 is 0.941 bits per heavy atom. The Morgan fingerprint density at radius 3 is 1.53 bits per heavy atom. The Hall–Kier alpha value is -0.570. The van der Waals surface area contributed by atoms with Gasteiger partial charge in [0.05, 0.1) is 5.41 Å². The Morgan fingerprint density at radius 2 is 1.29 bits per heavy atom. The van der Waals surface area contributed by atoms with Crippen molar-refractivity contribution in [2.45, 2.75) is 78.6 Å². The number of hydroxylamine groups is 1. The molecule has 17 heavy (non-hydrogen) atoms. The van der Waals surface area contributed by atoms with Crippen LogP contribution in [0.15, 0.2) is 0 Å². The monoisotopic (exact) mass is 243 g/mol. The topological polar surface area (TPSA) is 49.3 Å². The van der Waals surface area contributed by atoms with E-state index in [0.29, 0.717) is 0 Å². The van der Waals surface area contributed by atoms with Gasteiger partial charge in [-0.3, -0.25) is 10.0 Å². The van der Waals surface area contributed by atoms with E-state index in [4.69, 9.17) is 5.21 Å². The van der Waals surface area contributed by atoms with E-state index in [1.165, 1.54) is 0 Å². The third kappa shape index (κ3) is 5.53. The molecule has 0 aliphatic rings. The minimum absolute atomic E-state index is 0.173. The summed E-state index contributed by atoms with van der Waals surface area (Å²) in [7, 11) is 0. The van der Waals surface area contributed by atoms with Gasteiger partial charge in [0.1, 0.15) is 0 Å². The standard InChI is InChI=1S/C14H29NO2/c1-4-7-10-14(11-8-5-2,12-9-6-3)13(16)15-17/h17H,4-12H2,1-3H3,(H,15,16). The van der Waals surface area contributed by atoms with Gasteiger partial charge in [-0.15, -0.1) is 0 Å². The Kier molecular flexibility index (Phi) is 9.14. The van der Waals surface area contributed by atoms with Gasteiger partial charge >= 0.3 is 0 Å². The molecular formula is C14H29NO2. The fourth-order valence-electron chi connectivity index (χ4n) is 2.38. The van der Waals surface area contributed by atoms with Crippen LogP contribution in [0.1, 0.15) is 78.6 Å². The summed E-state index contributed by atoms with van der Waals surface area (Å²) < 4.78 is 0. The van der Waals surface area contributed by atoms with Crippen molar-refractivity contribution in [3.8, 4) is 0 Å². The lowest BCUT2D eigenvalue weighted by molar-refractivity contribution is -0.141. The predicted octanol–water partition coefficient (Wildman–Crippen LogP) is 4.05. The van der Waals surface area contributed by atoms with Crippen LogP contribution in [-0.2, 0) is 4.79 Å². The molecule has 102 valence electrons. The first-order valence-electron chi connectivity index (χ1n) is 7.11. The number of hydrogen-bond acceptors (Lipinski definition) is 2. The summed E-state index contributed by atoms with van der Waals surface area (Å²) in [5, 5.41) is 8.97. The van der Waals surface area contributed by atoms with Crippen LogP contribution >= 0.6 is 0 Å². The van der Waals surface area contributed by atoms with Gasteiger partial charge < -0.3 is 0 Å². The predicted molar refractivity (Wildman–Crippen MR) is 70.9 cm³/mol. The van der Waals surface area contributed by atoms with Crippen LogP contribution in [0.3, 0.4) is 0 Å². The number of amides is 1. The second-order valence-electron chi connectivity index (χ2n) is 5.03. The zero-order valence-electron chi connectivity index (χ0n) is 11.7. The molecular weight excluding hydrogens is 214 g/mol. The lowest BCUT2D eigenvalue weighted by Crippen LogP contribution is -2.39. The summed E-state index contributed by atoms with van der Waals surface area (Å²) in [6.07, 6.45) is 9.15. The number of nitrogens with one attached hydrogen (secondary N) is 1. The summed E-state index contributed by atoms with van der Waals surface area (Å²) in [6, 6.07) is 0. The highest BCUT2D eigenvalue weighted by Crippen LogP contribution is 2.36. The molecule has 0 aliphatic heterocycles. The summed E-state index contributed by atoms with van der Waals surface area (Å²) in [5.74, 6) is -0.173. The van der Waals surface area contributed by atoms with Crippen molar-refractivity contribution in [1.82, 2.24) is 5.48 Å². The minimum Gasteiger partial charge on any atom is -0.289 e. The van der Waals surface area contributed by atoms with Gasteiger partial charge in [0, 0.05) is 0 Å². The molecule has 0 aromatic carbocycles. The maximum absolute atomic E-state index is 12.0. The number of carbonyl (C=O) groups excluding carboxylic acids is 1. The van der Waals surface area contributed by atoms with Gasteiger partial charge in [-0.1, -0.05) is 59.3 Å². The molecule has 3 nitrogen and oxygen atoms in total. The zero-order valence-corrected chi connectivity index (χ0v) is 11.7. The number of hydrogen-bond donors (Lipinski definition) is 2. The molecule has 0 aromatic rings. The molecule has 3 heteroatoms. The molecule has 0 radical (unpaired) electrons. The molecule has 2 N–H and O–H groups in total. The van der Waals surface area contributed by atoms with Crippen molar-refractivity contribution in [2.75, 3.05) is 0 Å². The van der Waals surface area contributed by atoms with Crippen molar-refractivity contribution < 1.29 is 10.0 Å². The Bertz CT molecular complexity index is 183. The fourth-order valence-corrected chi connectivity index (χ4v) is 2.38.